The van der Waals surface area contributed by atoms with E-state index in [1.807, 2.05) is 36.4 Å². The Morgan fingerprint density at radius 1 is 0.520 bits per heavy atom. The molecule has 0 atom stereocenters. The van der Waals surface area contributed by atoms with Gasteiger partial charge in [-0.3, -0.25) is 4.99 Å². The Labute approximate surface area is 290 Å². The first-order valence-electron chi connectivity index (χ1n) is 16.7. The summed E-state index contributed by atoms with van der Waals surface area (Å²) in [4.78, 5) is 22.0. The number of nitrogens with zero attached hydrogens (tertiary/aromatic N) is 5. The average Bonchev–Trinajstić information content (AvgIpc) is 3.20. The zero-order chi connectivity index (χ0) is 33.4. The highest BCUT2D eigenvalue weighted by atomic mass is 15.1. The molecule has 1 aliphatic rings. The molecule has 8 aromatic rings. The minimum atomic E-state index is 0.705. The van der Waals surface area contributed by atoms with Crippen molar-refractivity contribution in [2.75, 3.05) is 11.4 Å². The lowest BCUT2D eigenvalue weighted by Crippen LogP contribution is -2.19. The smallest absolute Gasteiger partial charge is 0.160 e. The van der Waals surface area contributed by atoms with Gasteiger partial charge in [-0.1, -0.05) is 133 Å². The molecular weight excluding hydrogens is 611 g/mol. The summed E-state index contributed by atoms with van der Waals surface area (Å²) in [6.45, 7) is 4.68. The number of hydrogen-bond donors (Lipinski definition) is 0. The number of pyridine rings is 1. The summed E-state index contributed by atoms with van der Waals surface area (Å²) in [6.07, 6.45) is 8.30. The molecule has 5 heteroatoms. The molecule has 0 fully saturated rings. The maximum atomic E-state index is 5.14. The maximum absolute atomic E-state index is 5.14. The summed E-state index contributed by atoms with van der Waals surface area (Å²) >= 11 is 0. The van der Waals surface area contributed by atoms with Crippen LogP contribution < -0.4 is 4.90 Å². The second-order valence-electron chi connectivity index (χ2n) is 12.4. The summed E-state index contributed by atoms with van der Waals surface area (Å²) in [5, 5.41) is 4.43. The monoisotopic (exact) mass is 641 g/mol. The molecule has 0 amide bonds. The predicted molar refractivity (Wildman–Crippen MR) is 209 cm³/mol. The second-order valence-corrected chi connectivity index (χ2v) is 12.4. The largest absolute Gasteiger partial charge is 0.341 e. The van der Waals surface area contributed by atoms with E-state index in [-0.39, 0.29) is 0 Å². The first-order chi connectivity index (χ1) is 24.7. The van der Waals surface area contributed by atoms with Crippen molar-refractivity contribution in [3.05, 3.63) is 164 Å². The van der Waals surface area contributed by atoms with E-state index in [0.29, 0.717) is 5.82 Å². The maximum Gasteiger partial charge on any atom is 0.160 e. The molecule has 6 aromatic carbocycles. The fourth-order valence-electron chi connectivity index (χ4n) is 6.85. The third-order valence-electron chi connectivity index (χ3n) is 9.36. The number of rotatable bonds is 6. The van der Waals surface area contributed by atoms with Crippen LogP contribution in [0.5, 0.6) is 0 Å². The van der Waals surface area contributed by atoms with Crippen LogP contribution in [0.15, 0.2) is 169 Å². The number of benzene rings is 6. The van der Waals surface area contributed by atoms with Crippen LogP contribution in [0.4, 0.5) is 11.4 Å². The highest BCUT2D eigenvalue weighted by Crippen LogP contribution is 2.43. The Morgan fingerprint density at radius 2 is 1.14 bits per heavy atom. The normalized spacial score (nSPS) is 12.6. The number of fused-ring (bicyclic) bond motifs is 3. The van der Waals surface area contributed by atoms with E-state index in [0.717, 1.165) is 78.9 Å². The van der Waals surface area contributed by atoms with Crippen LogP contribution in [0, 0.1) is 0 Å². The summed E-state index contributed by atoms with van der Waals surface area (Å²) < 4.78 is 0. The van der Waals surface area contributed by atoms with Gasteiger partial charge in [0.2, 0.25) is 0 Å². The fourth-order valence-corrected chi connectivity index (χ4v) is 6.85. The van der Waals surface area contributed by atoms with Crippen molar-refractivity contribution in [1.82, 2.24) is 15.0 Å². The molecule has 3 heterocycles. The summed E-state index contributed by atoms with van der Waals surface area (Å²) in [5.74, 6) is 0.705. The van der Waals surface area contributed by atoms with E-state index in [2.05, 4.69) is 144 Å². The van der Waals surface area contributed by atoms with E-state index in [1.165, 1.54) is 10.8 Å². The molecule has 0 saturated carbocycles. The molecule has 0 saturated heterocycles. The highest BCUT2D eigenvalue weighted by Gasteiger charge is 2.21. The van der Waals surface area contributed by atoms with Crippen LogP contribution in [0.1, 0.15) is 0 Å². The molecule has 1 aliphatic heterocycles. The number of anilines is 1. The molecule has 0 bridgehead atoms. The molecule has 0 aliphatic carbocycles. The first kappa shape index (κ1) is 29.4. The van der Waals surface area contributed by atoms with Crippen LogP contribution in [-0.2, 0) is 0 Å². The minimum absolute atomic E-state index is 0.705. The quantitative estimate of drug-likeness (QED) is 0.170. The van der Waals surface area contributed by atoms with Gasteiger partial charge in [0, 0.05) is 40.2 Å². The van der Waals surface area contributed by atoms with Gasteiger partial charge in [-0.2, -0.15) is 0 Å². The Balaban J connectivity index is 1.07. The molecule has 0 N–H and O–H groups in total. The van der Waals surface area contributed by atoms with Gasteiger partial charge < -0.3 is 4.90 Å². The van der Waals surface area contributed by atoms with Gasteiger partial charge in [-0.05, 0) is 52.9 Å². The lowest BCUT2D eigenvalue weighted by Gasteiger charge is -2.26. The SMILES string of the molecule is C=Nc1c(N2C=CC=CC2)c(-c2ccc(-c3ccc(-c4nc(-c5ccc6ccccc6c5)c5ccccc5n4)cc3)cc2)nc2ccccc12. The number of aliphatic imine (C=N–C) groups is 1. The molecule has 9 rings (SSSR count). The Kier molecular flexibility index (Phi) is 7.29. The molecule has 2 aromatic heterocycles. The van der Waals surface area contributed by atoms with Gasteiger partial charge >= 0.3 is 0 Å². The number of allylic oxidation sites excluding steroid dienone is 2. The van der Waals surface area contributed by atoms with Crippen molar-refractivity contribution in [2.24, 2.45) is 4.99 Å². The van der Waals surface area contributed by atoms with Gasteiger partial charge in [0.25, 0.3) is 0 Å². The standard InChI is InChI=1S/C45H31N5/c1-46-43-38-14-6-7-15-39(38)47-42(44(43)50-27-9-2-10-28-50)33-22-17-31(18-23-33)32-19-24-34(25-20-32)45-48-40-16-8-5-13-37(40)41(49-45)36-26-21-30-11-3-4-12-35(30)29-36/h2-27,29H,1,28H2. The summed E-state index contributed by atoms with van der Waals surface area (Å²) in [5.41, 5.74) is 10.7. The third kappa shape index (κ3) is 5.22. The van der Waals surface area contributed by atoms with E-state index in [4.69, 9.17) is 15.0 Å². The van der Waals surface area contributed by atoms with Crippen molar-refractivity contribution in [3.63, 3.8) is 0 Å². The summed E-state index contributed by atoms with van der Waals surface area (Å²) in [7, 11) is 0. The van der Waals surface area contributed by atoms with E-state index < -0.39 is 0 Å². The Hall–Kier alpha value is -6.72. The van der Waals surface area contributed by atoms with E-state index >= 15 is 0 Å². The van der Waals surface area contributed by atoms with E-state index in [9.17, 15) is 0 Å². The predicted octanol–water partition coefficient (Wildman–Crippen LogP) is 11.2. The molecule has 50 heavy (non-hydrogen) atoms. The van der Waals surface area contributed by atoms with Crippen LogP contribution in [0.25, 0.3) is 77.6 Å². The van der Waals surface area contributed by atoms with Crippen molar-refractivity contribution in [2.45, 2.75) is 0 Å². The number of hydrogen-bond acceptors (Lipinski definition) is 5. The van der Waals surface area contributed by atoms with Crippen LogP contribution in [0.3, 0.4) is 0 Å². The van der Waals surface area contributed by atoms with E-state index in [1.54, 1.807) is 0 Å². The van der Waals surface area contributed by atoms with Gasteiger partial charge in [-0.25, -0.2) is 15.0 Å². The molecule has 0 unspecified atom stereocenters. The average molecular weight is 642 g/mol. The van der Waals surface area contributed by atoms with Gasteiger partial charge in [0.05, 0.1) is 33.8 Å². The Bertz CT molecular complexity index is 2640. The number of aromatic nitrogens is 3. The van der Waals surface area contributed by atoms with Crippen LogP contribution in [-0.4, -0.2) is 28.2 Å². The van der Waals surface area contributed by atoms with Crippen molar-refractivity contribution in [1.29, 1.82) is 0 Å². The van der Waals surface area contributed by atoms with Crippen molar-refractivity contribution in [3.8, 4) is 45.0 Å². The Morgan fingerprint density at radius 3 is 1.86 bits per heavy atom. The van der Waals surface area contributed by atoms with Gasteiger partial charge in [0.1, 0.15) is 0 Å². The minimum Gasteiger partial charge on any atom is -0.341 e. The highest BCUT2D eigenvalue weighted by molar-refractivity contribution is 6.03. The molecule has 236 valence electrons. The van der Waals surface area contributed by atoms with Gasteiger partial charge in [0.15, 0.2) is 5.82 Å². The lowest BCUT2D eigenvalue weighted by molar-refractivity contribution is 1.07. The molecular formula is C45H31N5. The van der Waals surface area contributed by atoms with Crippen molar-refractivity contribution >= 4 is 50.7 Å². The molecule has 5 nitrogen and oxygen atoms in total. The van der Waals surface area contributed by atoms with Gasteiger partial charge in [-0.15, -0.1) is 0 Å². The topological polar surface area (TPSA) is 54.3 Å². The number of para-hydroxylation sites is 2. The third-order valence-corrected chi connectivity index (χ3v) is 9.36. The molecule has 0 radical (unpaired) electrons. The second kappa shape index (κ2) is 12.4. The van der Waals surface area contributed by atoms with Crippen LogP contribution in [0.2, 0.25) is 0 Å². The van der Waals surface area contributed by atoms with Crippen LogP contribution >= 0.6 is 0 Å². The zero-order valence-corrected chi connectivity index (χ0v) is 27.2. The lowest BCUT2D eigenvalue weighted by atomic mass is 9.99. The molecule has 0 spiro atoms. The fraction of sp³-hybridized carbons (Fsp3) is 0.0222. The first-order valence-corrected chi connectivity index (χ1v) is 16.7. The zero-order valence-electron chi connectivity index (χ0n) is 27.2. The van der Waals surface area contributed by atoms with Crippen molar-refractivity contribution < 1.29 is 0 Å². The summed E-state index contributed by atoms with van der Waals surface area (Å²) in [6, 6.07) is 48.4.